The van der Waals surface area contributed by atoms with Crippen molar-refractivity contribution in [1.29, 1.82) is 0 Å². The van der Waals surface area contributed by atoms with E-state index in [9.17, 15) is 21.6 Å². The lowest BCUT2D eigenvalue weighted by Gasteiger charge is -2.41. The first-order chi connectivity index (χ1) is 10.9. The predicted octanol–water partition coefficient (Wildman–Crippen LogP) is 1.94. The molecule has 3 rings (SSSR count). The van der Waals surface area contributed by atoms with Gasteiger partial charge in [0.05, 0.1) is 4.90 Å². The summed E-state index contributed by atoms with van der Waals surface area (Å²) in [6, 6.07) is 2.93. The Morgan fingerprint density at radius 3 is 2.43 bits per heavy atom. The number of rotatable bonds is 4. The van der Waals surface area contributed by atoms with Crippen molar-refractivity contribution in [3.05, 3.63) is 24.0 Å². The highest BCUT2D eigenvalue weighted by atomic mass is 32.2. The van der Waals surface area contributed by atoms with Crippen LogP contribution in [0.15, 0.2) is 23.1 Å². The van der Waals surface area contributed by atoms with Gasteiger partial charge in [0.2, 0.25) is 10.0 Å². The Hall–Kier alpha value is -1.32. The maximum absolute atomic E-state index is 13.8. The zero-order valence-corrected chi connectivity index (χ0v) is 13.0. The Morgan fingerprint density at radius 2 is 1.87 bits per heavy atom. The molecule has 0 aliphatic carbocycles. The van der Waals surface area contributed by atoms with E-state index in [1.807, 2.05) is 0 Å². The molecule has 1 aromatic rings. The van der Waals surface area contributed by atoms with E-state index < -0.39 is 28.2 Å². The van der Waals surface area contributed by atoms with Crippen LogP contribution in [0, 0.1) is 5.82 Å². The van der Waals surface area contributed by atoms with E-state index >= 15 is 0 Å². The molecule has 0 saturated carbocycles. The molecule has 1 N–H and O–H groups in total. The lowest BCUT2D eigenvalue weighted by Crippen LogP contribution is -2.59. The molecule has 128 valence electrons. The lowest BCUT2D eigenvalue weighted by molar-refractivity contribution is -0.0522. The SMILES string of the molecule is O=S(=O)(c1ccc(OC(F)F)c(F)c1)N1CC2CCCC(C1)N2. The number of sulfonamides is 1. The number of nitrogens with zero attached hydrogens (tertiary/aromatic N) is 1. The van der Waals surface area contributed by atoms with Crippen LogP contribution in [-0.2, 0) is 10.0 Å². The molecule has 2 aliphatic heterocycles. The molecule has 2 heterocycles. The zero-order valence-electron chi connectivity index (χ0n) is 12.2. The summed E-state index contributed by atoms with van der Waals surface area (Å²) in [5.41, 5.74) is 0. The van der Waals surface area contributed by atoms with Gasteiger partial charge in [-0.2, -0.15) is 13.1 Å². The van der Waals surface area contributed by atoms with Gasteiger partial charge in [0.15, 0.2) is 11.6 Å². The molecule has 0 spiro atoms. The number of fused-ring (bicyclic) bond motifs is 2. The van der Waals surface area contributed by atoms with Crippen LogP contribution in [-0.4, -0.2) is 44.5 Å². The molecule has 2 atom stereocenters. The topological polar surface area (TPSA) is 58.6 Å². The third-order valence-corrected chi connectivity index (χ3v) is 6.01. The molecule has 2 aliphatic rings. The highest BCUT2D eigenvalue weighted by Crippen LogP contribution is 2.28. The van der Waals surface area contributed by atoms with Crippen LogP contribution in [0.3, 0.4) is 0 Å². The zero-order chi connectivity index (χ0) is 16.6. The predicted molar refractivity (Wildman–Crippen MR) is 76.4 cm³/mol. The number of piperidine rings is 1. The second-order valence-corrected chi connectivity index (χ2v) is 7.72. The van der Waals surface area contributed by atoms with E-state index in [0.717, 1.165) is 37.5 Å². The van der Waals surface area contributed by atoms with Crippen LogP contribution < -0.4 is 10.1 Å². The lowest BCUT2D eigenvalue weighted by atomic mass is 9.96. The molecule has 2 unspecified atom stereocenters. The molecule has 2 fully saturated rings. The first-order valence-corrected chi connectivity index (χ1v) is 8.81. The number of piperazine rings is 1. The van der Waals surface area contributed by atoms with E-state index in [0.29, 0.717) is 13.1 Å². The molecule has 0 amide bonds. The summed E-state index contributed by atoms with van der Waals surface area (Å²) in [5.74, 6) is -1.79. The summed E-state index contributed by atoms with van der Waals surface area (Å²) >= 11 is 0. The standard InChI is InChI=1S/C14H17F3N2O3S/c15-12-6-11(4-5-13(12)22-14(16)17)23(20,21)19-7-9-2-1-3-10(8-19)18-9/h4-6,9-10,14,18H,1-3,7-8H2. The summed E-state index contributed by atoms with van der Waals surface area (Å²) in [4.78, 5) is -0.253. The Morgan fingerprint density at radius 1 is 1.22 bits per heavy atom. The van der Waals surface area contributed by atoms with E-state index in [1.165, 1.54) is 4.31 Å². The van der Waals surface area contributed by atoms with Gasteiger partial charge in [0, 0.05) is 25.2 Å². The minimum Gasteiger partial charge on any atom is -0.432 e. The van der Waals surface area contributed by atoms with Gasteiger partial charge >= 0.3 is 6.61 Å². The fourth-order valence-electron chi connectivity index (χ4n) is 3.14. The number of benzene rings is 1. The van der Waals surface area contributed by atoms with Gasteiger partial charge in [-0.25, -0.2) is 12.8 Å². The van der Waals surface area contributed by atoms with E-state index in [-0.39, 0.29) is 17.0 Å². The third kappa shape index (κ3) is 3.46. The number of alkyl halides is 2. The maximum atomic E-state index is 13.8. The first kappa shape index (κ1) is 16.5. The van der Waals surface area contributed by atoms with Crippen LogP contribution in [0.1, 0.15) is 19.3 Å². The highest BCUT2D eigenvalue weighted by molar-refractivity contribution is 7.89. The van der Waals surface area contributed by atoms with Gasteiger partial charge < -0.3 is 10.1 Å². The highest BCUT2D eigenvalue weighted by Gasteiger charge is 2.36. The largest absolute Gasteiger partial charge is 0.432 e. The Balaban J connectivity index is 1.83. The number of ether oxygens (including phenoxy) is 1. The summed E-state index contributed by atoms with van der Waals surface area (Å²) in [6.07, 6.45) is 2.86. The van der Waals surface area contributed by atoms with Crippen molar-refractivity contribution in [2.45, 2.75) is 42.9 Å². The molecule has 2 saturated heterocycles. The number of hydrogen-bond acceptors (Lipinski definition) is 4. The Kier molecular flexibility index (Phi) is 4.52. The van der Waals surface area contributed by atoms with Crippen molar-refractivity contribution in [3.8, 4) is 5.75 Å². The molecule has 23 heavy (non-hydrogen) atoms. The second-order valence-electron chi connectivity index (χ2n) is 5.78. The molecular formula is C14H17F3N2O3S. The summed E-state index contributed by atoms with van der Waals surface area (Å²) < 4.78 is 68.7. The van der Waals surface area contributed by atoms with Gasteiger partial charge in [-0.1, -0.05) is 6.42 Å². The molecule has 2 bridgehead atoms. The van der Waals surface area contributed by atoms with Gasteiger partial charge in [0.25, 0.3) is 0 Å². The maximum Gasteiger partial charge on any atom is 0.387 e. The van der Waals surface area contributed by atoms with Crippen molar-refractivity contribution in [2.24, 2.45) is 0 Å². The van der Waals surface area contributed by atoms with Crippen LogP contribution in [0.4, 0.5) is 13.2 Å². The molecule has 0 radical (unpaired) electrons. The smallest absolute Gasteiger partial charge is 0.387 e. The van der Waals surface area contributed by atoms with Gasteiger partial charge in [-0.05, 0) is 31.0 Å². The molecule has 1 aromatic carbocycles. The third-order valence-electron chi connectivity index (χ3n) is 4.18. The van der Waals surface area contributed by atoms with Crippen LogP contribution in [0.5, 0.6) is 5.75 Å². The normalized spacial score (nSPS) is 25.6. The summed E-state index contributed by atoms with van der Waals surface area (Å²) in [6.45, 7) is -2.51. The van der Waals surface area contributed by atoms with Crippen molar-refractivity contribution in [1.82, 2.24) is 9.62 Å². The average molecular weight is 350 g/mol. The average Bonchev–Trinajstić information content (AvgIpc) is 2.48. The van der Waals surface area contributed by atoms with Crippen molar-refractivity contribution in [2.75, 3.05) is 13.1 Å². The monoisotopic (exact) mass is 350 g/mol. The second kappa shape index (κ2) is 6.29. The number of nitrogens with one attached hydrogen (secondary N) is 1. The minimum absolute atomic E-state index is 0.101. The summed E-state index contributed by atoms with van der Waals surface area (Å²) in [5, 5.41) is 3.36. The molecular weight excluding hydrogens is 333 g/mol. The molecule has 9 heteroatoms. The number of hydrogen-bond donors (Lipinski definition) is 1. The molecule has 5 nitrogen and oxygen atoms in total. The fraction of sp³-hybridized carbons (Fsp3) is 0.571. The Labute approximate surface area is 132 Å². The van der Waals surface area contributed by atoms with Gasteiger partial charge in [-0.3, -0.25) is 0 Å². The van der Waals surface area contributed by atoms with Gasteiger partial charge in [0.1, 0.15) is 0 Å². The van der Waals surface area contributed by atoms with Crippen LogP contribution in [0.2, 0.25) is 0 Å². The van der Waals surface area contributed by atoms with Crippen LogP contribution in [0.25, 0.3) is 0 Å². The first-order valence-electron chi connectivity index (χ1n) is 7.37. The minimum atomic E-state index is -3.86. The Bertz CT molecular complexity index is 672. The van der Waals surface area contributed by atoms with Crippen molar-refractivity contribution >= 4 is 10.0 Å². The fourth-order valence-corrected chi connectivity index (χ4v) is 4.69. The van der Waals surface area contributed by atoms with Crippen molar-refractivity contribution in [3.63, 3.8) is 0 Å². The van der Waals surface area contributed by atoms with E-state index in [2.05, 4.69) is 10.1 Å². The van der Waals surface area contributed by atoms with Gasteiger partial charge in [-0.15, -0.1) is 0 Å². The van der Waals surface area contributed by atoms with E-state index in [4.69, 9.17) is 0 Å². The quantitative estimate of drug-likeness (QED) is 0.902. The summed E-state index contributed by atoms with van der Waals surface area (Å²) in [7, 11) is -3.86. The van der Waals surface area contributed by atoms with Crippen molar-refractivity contribution < 1.29 is 26.3 Å². The number of halogens is 3. The van der Waals surface area contributed by atoms with Crippen LogP contribution >= 0.6 is 0 Å². The molecule has 0 aromatic heterocycles. The van der Waals surface area contributed by atoms with E-state index in [1.54, 1.807) is 0 Å².